The lowest BCUT2D eigenvalue weighted by molar-refractivity contribution is 0.0652. The van der Waals surface area contributed by atoms with E-state index in [1.165, 1.54) is 4.90 Å². The van der Waals surface area contributed by atoms with Crippen LogP contribution in [0.5, 0.6) is 0 Å². The van der Waals surface area contributed by atoms with Crippen LogP contribution in [0.15, 0.2) is 53.5 Å². The van der Waals surface area contributed by atoms with E-state index >= 15 is 0 Å². The van der Waals surface area contributed by atoms with E-state index in [0.29, 0.717) is 24.2 Å². The fourth-order valence-electron chi connectivity index (χ4n) is 4.19. The molecule has 9 heteroatoms. The number of guanidine groups is 1. The highest BCUT2D eigenvalue weighted by Crippen LogP contribution is 2.22. The Balaban J connectivity index is 0.00000324. The highest BCUT2D eigenvalue weighted by atomic mass is 127. The summed E-state index contributed by atoms with van der Waals surface area (Å²) in [6.45, 7) is 4.86. The zero-order valence-corrected chi connectivity index (χ0v) is 21.9. The minimum atomic E-state index is -0.193. The summed E-state index contributed by atoms with van der Waals surface area (Å²) in [5.74, 6) is 1.39. The van der Waals surface area contributed by atoms with Gasteiger partial charge in [-0.05, 0) is 50.5 Å². The molecule has 1 aliphatic rings. The number of halogens is 1. The van der Waals surface area contributed by atoms with Crippen molar-refractivity contribution in [3.63, 3.8) is 0 Å². The molecule has 0 spiro atoms. The number of aryl methyl sites for hydroxylation is 2. The summed E-state index contributed by atoms with van der Waals surface area (Å²) in [5.41, 5.74) is 3.20. The number of carbonyl (C=O) groups excluding carboxylic acids is 2. The Bertz CT molecular complexity index is 1150. The molecule has 0 unspecified atom stereocenters. The van der Waals surface area contributed by atoms with Crippen LogP contribution in [0.1, 0.15) is 45.8 Å². The Morgan fingerprint density at radius 3 is 2.18 bits per heavy atom. The van der Waals surface area contributed by atoms with Crippen LogP contribution in [0.4, 0.5) is 0 Å². The summed E-state index contributed by atoms with van der Waals surface area (Å²) < 4.78 is 2.24. The number of benzene rings is 2. The van der Waals surface area contributed by atoms with Gasteiger partial charge in [-0.15, -0.1) is 24.0 Å². The minimum absolute atomic E-state index is 0. The van der Waals surface area contributed by atoms with Crippen LogP contribution in [0.3, 0.4) is 0 Å². The molecule has 0 saturated heterocycles. The summed E-state index contributed by atoms with van der Waals surface area (Å²) in [6.07, 6.45) is 2.51. The number of imide groups is 1. The lowest BCUT2D eigenvalue weighted by Gasteiger charge is -2.15. The molecule has 1 aliphatic heterocycles. The van der Waals surface area contributed by atoms with Crippen LogP contribution in [0, 0.1) is 6.92 Å². The van der Waals surface area contributed by atoms with Crippen molar-refractivity contribution >= 4 is 52.8 Å². The van der Waals surface area contributed by atoms with Crippen molar-refractivity contribution in [1.29, 1.82) is 0 Å². The van der Waals surface area contributed by atoms with Crippen molar-refractivity contribution in [2.75, 3.05) is 26.7 Å². The van der Waals surface area contributed by atoms with E-state index in [0.717, 1.165) is 55.2 Å². The van der Waals surface area contributed by atoms with Gasteiger partial charge in [0.2, 0.25) is 0 Å². The first-order valence-corrected chi connectivity index (χ1v) is 11.4. The molecule has 2 amide bonds. The van der Waals surface area contributed by atoms with Crippen molar-refractivity contribution in [2.24, 2.45) is 4.99 Å². The molecule has 2 heterocycles. The Morgan fingerprint density at radius 2 is 1.50 bits per heavy atom. The van der Waals surface area contributed by atoms with E-state index in [1.807, 2.05) is 25.1 Å². The lowest BCUT2D eigenvalue weighted by atomic mass is 10.1. The third kappa shape index (κ3) is 5.57. The molecule has 0 atom stereocenters. The summed E-state index contributed by atoms with van der Waals surface area (Å²) in [7, 11) is 1.75. The Labute approximate surface area is 216 Å². The number of amides is 2. The van der Waals surface area contributed by atoms with E-state index in [9.17, 15) is 9.59 Å². The molecular weight excluding hydrogens is 543 g/mol. The minimum Gasteiger partial charge on any atom is -0.356 e. The van der Waals surface area contributed by atoms with E-state index in [-0.39, 0.29) is 35.8 Å². The average molecular weight is 574 g/mol. The van der Waals surface area contributed by atoms with Gasteiger partial charge in [0.05, 0.1) is 22.2 Å². The number of nitrogens with zero attached hydrogens (tertiary/aromatic N) is 4. The van der Waals surface area contributed by atoms with Crippen molar-refractivity contribution in [3.8, 4) is 0 Å². The summed E-state index contributed by atoms with van der Waals surface area (Å²) >= 11 is 0. The highest BCUT2D eigenvalue weighted by Gasteiger charge is 2.34. The fraction of sp³-hybridized carbons (Fsp3) is 0.360. The second-order valence-electron chi connectivity index (χ2n) is 8.09. The van der Waals surface area contributed by atoms with E-state index in [1.54, 1.807) is 31.3 Å². The monoisotopic (exact) mass is 574 g/mol. The largest absolute Gasteiger partial charge is 0.356 e. The molecule has 0 aliphatic carbocycles. The molecule has 4 rings (SSSR count). The molecule has 2 N–H and O–H groups in total. The zero-order chi connectivity index (χ0) is 23.2. The molecule has 0 saturated carbocycles. The number of rotatable bonds is 9. The van der Waals surface area contributed by atoms with E-state index in [4.69, 9.17) is 0 Å². The van der Waals surface area contributed by atoms with Gasteiger partial charge >= 0.3 is 0 Å². The maximum Gasteiger partial charge on any atom is 0.261 e. The third-order valence-electron chi connectivity index (χ3n) is 5.90. The maximum atomic E-state index is 12.4. The number of hydrogen-bond acceptors (Lipinski definition) is 4. The predicted molar refractivity (Wildman–Crippen MR) is 145 cm³/mol. The first-order chi connectivity index (χ1) is 16.1. The van der Waals surface area contributed by atoms with Crippen molar-refractivity contribution < 1.29 is 9.59 Å². The number of nitrogens with one attached hydrogen (secondary N) is 2. The number of fused-ring (bicyclic) bond motifs is 2. The molecule has 3 aromatic rings. The summed E-state index contributed by atoms with van der Waals surface area (Å²) in [6, 6.07) is 15.2. The van der Waals surface area contributed by atoms with Gasteiger partial charge in [0.15, 0.2) is 5.96 Å². The van der Waals surface area contributed by atoms with Gasteiger partial charge in [0.1, 0.15) is 5.82 Å². The second kappa shape index (κ2) is 12.0. The van der Waals surface area contributed by atoms with Crippen LogP contribution in [-0.4, -0.2) is 58.9 Å². The van der Waals surface area contributed by atoms with Gasteiger partial charge < -0.3 is 15.2 Å². The number of carbonyl (C=O) groups is 2. The Kier molecular flexibility index (Phi) is 9.03. The van der Waals surface area contributed by atoms with Gasteiger partial charge in [-0.3, -0.25) is 19.5 Å². The van der Waals surface area contributed by atoms with Gasteiger partial charge in [-0.1, -0.05) is 24.3 Å². The number of aliphatic imine (C=N–C) groups is 1. The smallest absolute Gasteiger partial charge is 0.261 e. The molecule has 2 aromatic carbocycles. The molecule has 8 nitrogen and oxygen atoms in total. The molecule has 0 radical (unpaired) electrons. The van der Waals surface area contributed by atoms with Crippen molar-refractivity contribution in [2.45, 2.75) is 32.7 Å². The molecule has 1 aromatic heterocycles. The summed E-state index contributed by atoms with van der Waals surface area (Å²) in [4.78, 5) is 35.0. The third-order valence-corrected chi connectivity index (χ3v) is 5.90. The van der Waals surface area contributed by atoms with Crippen LogP contribution in [-0.2, 0) is 6.54 Å². The number of para-hydroxylation sites is 2. The van der Waals surface area contributed by atoms with Crippen molar-refractivity contribution in [3.05, 3.63) is 65.5 Å². The second-order valence-corrected chi connectivity index (χ2v) is 8.09. The van der Waals surface area contributed by atoms with Gasteiger partial charge in [-0.2, -0.15) is 0 Å². The Hall–Kier alpha value is -2.95. The van der Waals surface area contributed by atoms with Crippen molar-refractivity contribution in [1.82, 2.24) is 25.1 Å². The van der Waals surface area contributed by atoms with E-state index in [2.05, 4.69) is 31.2 Å². The topological polar surface area (TPSA) is 91.6 Å². The predicted octanol–water partition coefficient (Wildman–Crippen LogP) is 3.59. The normalized spacial score (nSPS) is 13.2. The molecule has 0 bridgehead atoms. The van der Waals surface area contributed by atoms with E-state index < -0.39 is 0 Å². The molecular formula is C25H31IN6O2. The molecule has 0 fully saturated rings. The van der Waals surface area contributed by atoms with Crippen LogP contribution >= 0.6 is 24.0 Å². The highest BCUT2D eigenvalue weighted by molar-refractivity contribution is 14.0. The van der Waals surface area contributed by atoms with Gasteiger partial charge in [0, 0.05) is 33.2 Å². The average Bonchev–Trinajstić information content (AvgIpc) is 3.28. The lowest BCUT2D eigenvalue weighted by Crippen LogP contribution is -2.38. The standard InChI is InChI=1S/C25H30N6O2.HI/c1-18-29-21-12-5-6-13-22(21)30(18)17-9-15-28-25(26-2)27-14-7-8-16-31-23(32)19-10-3-4-11-20(19)24(31)33;/h3-6,10-13H,7-9,14-17H2,1-2H3,(H2,26,27,28);1H. The first kappa shape index (κ1) is 25.7. The first-order valence-electron chi connectivity index (χ1n) is 11.4. The summed E-state index contributed by atoms with van der Waals surface area (Å²) in [5, 5.41) is 6.64. The maximum absolute atomic E-state index is 12.4. The van der Waals surface area contributed by atoms with Crippen LogP contribution in [0.25, 0.3) is 11.0 Å². The van der Waals surface area contributed by atoms with Crippen LogP contribution in [0.2, 0.25) is 0 Å². The SMILES string of the molecule is CN=C(NCCCCN1C(=O)c2ccccc2C1=O)NCCCn1c(C)nc2ccccc21.I. The number of aromatic nitrogens is 2. The fourth-order valence-corrected chi connectivity index (χ4v) is 4.19. The zero-order valence-electron chi connectivity index (χ0n) is 19.6. The quantitative estimate of drug-likeness (QED) is 0.134. The number of unbranched alkanes of at least 4 members (excludes halogenated alkanes) is 1. The number of hydrogen-bond donors (Lipinski definition) is 2. The van der Waals surface area contributed by atoms with Gasteiger partial charge in [0.25, 0.3) is 11.8 Å². The van der Waals surface area contributed by atoms with Gasteiger partial charge in [-0.25, -0.2) is 4.98 Å². The van der Waals surface area contributed by atoms with Crippen LogP contribution < -0.4 is 10.6 Å². The molecule has 34 heavy (non-hydrogen) atoms. The Morgan fingerprint density at radius 1 is 0.882 bits per heavy atom. The number of imidazole rings is 1. The molecule has 180 valence electrons.